The van der Waals surface area contributed by atoms with E-state index < -0.39 is 15.8 Å². The number of benzene rings is 1. The predicted molar refractivity (Wildman–Crippen MR) is 95.0 cm³/mol. The van der Waals surface area contributed by atoms with Crippen molar-refractivity contribution in [2.24, 2.45) is 0 Å². The summed E-state index contributed by atoms with van der Waals surface area (Å²) >= 11 is 6.04. The van der Waals surface area contributed by atoms with Crippen molar-refractivity contribution < 1.29 is 18.3 Å². The van der Waals surface area contributed by atoms with E-state index in [2.05, 4.69) is 4.90 Å². The third-order valence-electron chi connectivity index (χ3n) is 4.34. The number of halogens is 1. The summed E-state index contributed by atoms with van der Waals surface area (Å²) in [4.78, 5) is 12.8. The van der Waals surface area contributed by atoms with E-state index in [1.54, 1.807) is 0 Å². The molecule has 1 aromatic carbocycles. The monoisotopic (exact) mass is 373 g/mol. The van der Waals surface area contributed by atoms with Gasteiger partial charge in [0.1, 0.15) is 0 Å². The first kappa shape index (κ1) is 19.2. The molecule has 1 aromatic rings. The van der Waals surface area contributed by atoms with E-state index in [1.807, 2.05) is 24.3 Å². The van der Waals surface area contributed by atoms with Crippen LogP contribution in [0.1, 0.15) is 37.7 Å². The Labute approximate surface area is 148 Å². The van der Waals surface area contributed by atoms with Gasteiger partial charge in [-0.3, -0.25) is 9.69 Å². The molecule has 0 saturated carbocycles. The topological polar surface area (TPSA) is 74.7 Å². The molecule has 1 aliphatic heterocycles. The first-order valence-corrected chi connectivity index (χ1v) is 10.5. The van der Waals surface area contributed by atoms with Crippen LogP contribution in [0.5, 0.6) is 0 Å². The molecule has 1 atom stereocenters. The summed E-state index contributed by atoms with van der Waals surface area (Å²) in [6, 6.07) is 7.65. The Kier molecular flexibility index (Phi) is 7.07. The van der Waals surface area contributed by atoms with Gasteiger partial charge in [0.25, 0.3) is 0 Å². The van der Waals surface area contributed by atoms with Crippen molar-refractivity contribution in [3.05, 3.63) is 34.9 Å². The van der Waals surface area contributed by atoms with Gasteiger partial charge >= 0.3 is 5.97 Å². The first-order valence-electron chi connectivity index (χ1n) is 8.26. The zero-order valence-corrected chi connectivity index (χ0v) is 15.2. The zero-order chi connectivity index (χ0) is 17.6. The molecule has 0 bridgehead atoms. The van der Waals surface area contributed by atoms with Gasteiger partial charge in [-0.2, -0.15) is 0 Å². The number of hydrogen-bond donors (Lipinski definition) is 1. The predicted octanol–water partition coefficient (Wildman–Crippen LogP) is 2.97. The van der Waals surface area contributed by atoms with Crippen LogP contribution in [-0.4, -0.2) is 48.5 Å². The van der Waals surface area contributed by atoms with Gasteiger partial charge in [0.05, 0.1) is 11.5 Å². The molecule has 0 aromatic heterocycles. The number of hydrogen-bond acceptors (Lipinski definition) is 4. The maximum absolute atomic E-state index is 11.8. The van der Waals surface area contributed by atoms with Crippen LogP contribution in [0.25, 0.3) is 0 Å². The highest BCUT2D eigenvalue weighted by Gasteiger charge is 2.31. The summed E-state index contributed by atoms with van der Waals surface area (Å²) in [5, 5.41) is 9.36. The zero-order valence-electron chi connectivity index (χ0n) is 13.7. The van der Waals surface area contributed by atoms with Crippen molar-refractivity contribution in [3.63, 3.8) is 0 Å². The number of unbranched alkanes of at least 4 members (excludes halogenated alkanes) is 2. The van der Waals surface area contributed by atoms with Crippen LogP contribution in [0.4, 0.5) is 0 Å². The molecule has 1 N–H and O–H groups in total. The second-order valence-corrected chi connectivity index (χ2v) is 9.03. The summed E-state index contributed by atoms with van der Waals surface area (Å²) in [5.74, 6) is -0.307. The third kappa shape index (κ3) is 6.42. The molecule has 7 heteroatoms. The molecule has 0 spiro atoms. The first-order chi connectivity index (χ1) is 11.4. The van der Waals surface area contributed by atoms with Crippen molar-refractivity contribution in [2.45, 2.75) is 44.7 Å². The van der Waals surface area contributed by atoms with Gasteiger partial charge in [-0.25, -0.2) is 8.42 Å². The van der Waals surface area contributed by atoms with E-state index >= 15 is 0 Å². The minimum absolute atomic E-state index is 0.0356. The van der Waals surface area contributed by atoms with Gasteiger partial charge in [-0.1, -0.05) is 30.2 Å². The summed E-state index contributed by atoms with van der Waals surface area (Å²) in [7, 11) is -2.93. The largest absolute Gasteiger partial charge is 0.481 e. The van der Waals surface area contributed by atoms with E-state index in [1.165, 1.54) is 0 Å². The number of carboxylic acid groups (broad SMARTS) is 1. The molecular formula is C17H24ClNO4S. The van der Waals surface area contributed by atoms with E-state index in [0.717, 1.165) is 24.9 Å². The van der Waals surface area contributed by atoms with Crippen molar-refractivity contribution in [1.29, 1.82) is 0 Å². The Hall–Kier alpha value is -1.11. The Morgan fingerprint density at radius 1 is 1.29 bits per heavy atom. The van der Waals surface area contributed by atoms with E-state index in [9.17, 15) is 13.2 Å². The molecule has 2 rings (SSSR count). The lowest BCUT2D eigenvalue weighted by Crippen LogP contribution is -2.36. The summed E-state index contributed by atoms with van der Waals surface area (Å²) in [6.45, 7) is 1.44. The Bertz CT molecular complexity index is 662. The number of sulfone groups is 1. The van der Waals surface area contributed by atoms with Crippen LogP contribution in [0.3, 0.4) is 0 Å². The Morgan fingerprint density at radius 2 is 2.08 bits per heavy atom. The van der Waals surface area contributed by atoms with Crippen LogP contribution in [0.2, 0.25) is 5.02 Å². The van der Waals surface area contributed by atoms with Gasteiger partial charge in [-0.05, 0) is 43.5 Å². The highest BCUT2D eigenvalue weighted by molar-refractivity contribution is 7.91. The molecular weight excluding hydrogens is 350 g/mol. The molecule has 0 radical (unpaired) electrons. The van der Waals surface area contributed by atoms with E-state index in [4.69, 9.17) is 16.7 Å². The van der Waals surface area contributed by atoms with E-state index in [0.29, 0.717) is 24.4 Å². The molecule has 0 unspecified atom stereocenters. The van der Waals surface area contributed by atoms with Crippen LogP contribution >= 0.6 is 11.6 Å². The highest BCUT2D eigenvalue weighted by Crippen LogP contribution is 2.22. The standard InChI is InChI=1S/C17H24ClNO4S/c18-15-6-4-5-14(11-15)12-19(9-3-1-2-7-17(20)21)16-8-10-24(22,23)13-16/h4-6,11,16H,1-3,7-10,12-13H2,(H,20,21)/t16-/m1/s1. The summed E-state index contributed by atoms with van der Waals surface area (Å²) in [5.41, 5.74) is 1.07. The molecule has 5 nitrogen and oxygen atoms in total. The quantitative estimate of drug-likeness (QED) is 0.673. The molecule has 1 fully saturated rings. The third-order valence-corrected chi connectivity index (χ3v) is 6.32. The minimum Gasteiger partial charge on any atom is -0.481 e. The average Bonchev–Trinajstić information content (AvgIpc) is 2.85. The van der Waals surface area contributed by atoms with E-state index in [-0.39, 0.29) is 24.0 Å². The number of aliphatic carboxylic acids is 1. The van der Waals surface area contributed by atoms with Crippen LogP contribution in [0, 0.1) is 0 Å². The second kappa shape index (κ2) is 8.83. The van der Waals surface area contributed by atoms with Crippen molar-refractivity contribution >= 4 is 27.4 Å². The maximum atomic E-state index is 11.8. The lowest BCUT2D eigenvalue weighted by Gasteiger charge is -2.28. The van der Waals surface area contributed by atoms with Crippen LogP contribution < -0.4 is 0 Å². The molecule has 1 heterocycles. The Balaban J connectivity index is 1.95. The fraction of sp³-hybridized carbons (Fsp3) is 0.588. The Morgan fingerprint density at radius 3 is 2.71 bits per heavy atom. The second-order valence-electron chi connectivity index (χ2n) is 6.36. The summed E-state index contributed by atoms with van der Waals surface area (Å²) in [6.07, 6.45) is 3.20. The molecule has 24 heavy (non-hydrogen) atoms. The van der Waals surface area contributed by atoms with Crippen LogP contribution in [-0.2, 0) is 21.2 Å². The SMILES string of the molecule is O=C(O)CCCCCN(Cc1cccc(Cl)c1)[C@@H]1CCS(=O)(=O)C1. The normalized spacial score (nSPS) is 19.7. The molecule has 0 aliphatic carbocycles. The van der Waals surface area contributed by atoms with Crippen molar-refractivity contribution in [1.82, 2.24) is 4.90 Å². The lowest BCUT2D eigenvalue weighted by atomic mass is 10.1. The lowest BCUT2D eigenvalue weighted by molar-refractivity contribution is -0.137. The number of nitrogens with zero attached hydrogens (tertiary/aromatic N) is 1. The fourth-order valence-electron chi connectivity index (χ4n) is 3.09. The van der Waals surface area contributed by atoms with Gasteiger partial charge in [0, 0.05) is 24.0 Å². The summed E-state index contributed by atoms with van der Waals surface area (Å²) < 4.78 is 23.6. The van der Waals surface area contributed by atoms with Gasteiger partial charge in [0.2, 0.25) is 0 Å². The van der Waals surface area contributed by atoms with Gasteiger partial charge < -0.3 is 5.11 Å². The van der Waals surface area contributed by atoms with Crippen molar-refractivity contribution in [3.8, 4) is 0 Å². The number of rotatable bonds is 9. The van der Waals surface area contributed by atoms with Gasteiger partial charge in [0.15, 0.2) is 9.84 Å². The highest BCUT2D eigenvalue weighted by atomic mass is 35.5. The average molecular weight is 374 g/mol. The van der Waals surface area contributed by atoms with Crippen molar-refractivity contribution in [2.75, 3.05) is 18.1 Å². The maximum Gasteiger partial charge on any atom is 0.303 e. The molecule has 1 aliphatic rings. The van der Waals surface area contributed by atoms with Crippen LogP contribution in [0.15, 0.2) is 24.3 Å². The molecule has 0 amide bonds. The smallest absolute Gasteiger partial charge is 0.303 e. The minimum atomic E-state index is -2.93. The number of carbonyl (C=O) groups is 1. The molecule has 1 saturated heterocycles. The molecule has 134 valence electrons. The number of carboxylic acids is 1. The van der Waals surface area contributed by atoms with Gasteiger partial charge in [-0.15, -0.1) is 0 Å². The fourth-order valence-corrected chi connectivity index (χ4v) is 5.07.